The van der Waals surface area contributed by atoms with Crippen LogP contribution in [-0.4, -0.2) is 36.7 Å². The van der Waals surface area contributed by atoms with Crippen molar-refractivity contribution in [1.82, 2.24) is 0 Å². The first-order chi connectivity index (χ1) is 9.96. The van der Waals surface area contributed by atoms with Crippen LogP contribution >= 0.6 is 0 Å². The van der Waals surface area contributed by atoms with Gasteiger partial charge in [-0.1, -0.05) is 19.4 Å². The Morgan fingerprint density at radius 1 is 0.909 bits per heavy atom. The lowest BCUT2D eigenvalue weighted by Gasteiger charge is -2.37. The van der Waals surface area contributed by atoms with Crippen molar-refractivity contribution < 1.29 is 28.6 Å². The maximum atomic E-state index is 11.3. The minimum Gasteiger partial charge on any atom is -0.462 e. The number of esters is 3. The summed E-state index contributed by atoms with van der Waals surface area (Å²) in [5, 5.41) is 0. The highest BCUT2D eigenvalue weighted by molar-refractivity contribution is 5.67. The molecule has 2 atom stereocenters. The van der Waals surface area contributed by atoms with Crippen LogP contribution in [0.4, 0.5) is 0 Å². The second kappa shape index (κ2) is 8.56. The Labute approximate surface area is 131 Å². The minimum absolute atomic E-state index is 0.101. The highest BCUT2D eigenvalue weighted by atomic mass is 16.6. The third kappa shape index (κ3) is 7.24. The molecule has 0 rings (SSSR count). The van der Waals surface area contributed by atoms with E-state index in [9.17, 15) is 14.4 Å². The third-order valence-electron chi connectivity index (χ3n) is 3.09. The Balaban J connectivity index is 5.46. The van der Waals surface area contributed by atoms with Gasteiger partial charge in [0.25, 0.3) is 0 Å². The summed E-state index contributed by atoms with van der Waals surface area (Å²) in [7, 11) is 0. The van der Waals surface area contributed by atoms with E-state index in [2.05, 4.69) is 0 Å². The van der Waals surface area contributed by atoms with Crippen molar-refractivity contribution in [3.63, 3.8) is 0 Å². The van der Waals surface area contributed by atoms with E-state index >= 15 is 0 Å². The highest BCUT2D eigenvalue weighted by Crippen LogP contribution is 2.32. The van der Waals surface area contributed by atoms with Crippen molar-refractivity contribution in [2.24, 2.45) is 5.41 Å². The molecule has 0 N–H and O–H groups in total. The average molecular weight is 314 g/mol. The van der Waals surface area contributed by atoms with Gasteiger partial charge in [-0.15, -0.1) is 0 Å². The maximum Gasteiger partial charge on any atom is 0.303 e. The smallest absolute Gasteiger partial charge is 0.303 e. The van der Waals surface area contributed by atoms with E-state index in [1.807, 2.05) is 13.8 Å². The molecule has 0 saturated carbocycles. The Kier molecular flexibility index (Phi) is 7.84. The SMILES string of the molecule is CC(=O)OCC(OC(C)=O)C(C)(C)C(C=C(C)C)OC(C)=O. The van der Waals surface area contributed by atoms with Gasteiger partial charge >= 0.3 is 17.9 Å². The fourth-order valence-electron chi connectivity index (χ4n) is 1.86. The molecule has 126 valence electrons. The van der Waals surface area contributed by atoms with Gasteiger partial charge in [-0.2, -0.15) is 0 Å². The van der Waals surface area contributed by atoms with E-state index in [-0.39, 0.29) is 6.61 Å². The van der Waals surface area contributed by atoms with Gasteiger partial charge in [0.2, 0.25) is 0 Å². The average Bonchev–Trinajstić information content (AvgIpc) is 2.31. The fourth-order valence-corrected chi connectivity index (χ4v) is 1.86. The molecule has 6 nitrogen and oxygen atoms in total. The van der Waals surface area contributed by atoms with Crippen molar-refractivity contribution in [2.45, 2.75) is 60.7 Å². The van der Waals surface area contributed by atoms with E-state index in [0.717, 1.165) is 5.57 Å². The zero-order valence-corrected chi connectivity index (χ0v) is 14.4. The van der Waals surface area contributed by atoms with Gasteiger partial charge in [-0.25, -0.2) is 0 Å². The van der Waals surface area contributed by atoms with Gasteiger partial charge in [0, 0.05) is 26.2 Å². The molecule has 0 saturated heterocycles. The normalized spacial score (nSPS) is 13.6. The number of rotatable bonds is 7. The number of ether oxygens (including phenoxy) is 3. The first-order valence-electron chi connectivity index (χ1n) is 7.09. The zero-order chi connectivity index (χ0) is 17.5. The number of allylic oxidation sites excluding steroid dienone is 1. The quantitative estimate of drug-likeness (QED) is 0.408. The standard InChI is InChI=1S/C16H26O6/c1-10(2)8-14(21-12(4)18)16(6,7)15(22-13(5)19)9-20-11(3)17/h8,14-15H,9H2,1-7H3. The zero-order valence-electron chi connectivity index (χ0n) is 14.4. The number of carbonyl (C=O) groups is 3. The molecule has 6 heteroatoms. The Hall–Kier alpha value is -1.85. The summed E-state index contributed by atoms with van der Waals surface area (Å²) in [6, 6.07) is 0. The minimum atomic E-state index is -0.774. The first kappa shape index (κ1) is 20.1. The van der Waals surface area contributed by atoms with Crippen LogP contribution in [0.25, 0.3) is 0 Å². The molecule has 0 aromatic heterocycles. The van der Waals surface area contributed by atoms with Gasteiger partial charge in [0.1, 0.15) is 18.8 Å². The molecule has 0 heterocycles. The van der Waals surface area contributed by atoms with Gasteiger partial charge < -0.3 is 14.2 Å². The van der Waals surface area contributed by atoms with E-state index in [1.165, 1.54) is 20.8 Å². The molecule has 0 aromatic carbocycles. The predicted molar refractivity (Wildman–Crippen MR) is 81.0 cm³/mol. The molecule has 0 fully saturated rings. The number of hydrogen-bond donors (Lipinski definition) is 0. The highest BCUT2D eigenvalue weighted by Gasteiger charge is 2.41. The molecule has 0 aromatic rings. The summed E-state index contributed by atoms with van der Waals surface area (Å²) in [6.45, 7) is 11.1. The van der Waals surface area contributed by atoms with Crippen LogP contribution in [-0.2, 0) is 28.6 Å². The van der Waals surface area contributed by atoms with Crippen LogP contribution in [0.1, 0.15) is 48.5 Å². The van der Waals surface area contributed by atoms with Crippen LogP contribution in [0.5, 0.6) is 0 Å². The summed E-state index contributed by atoms with van der Waals surface area (Å²) in [5.41, 5.74) is 0.178. The number of hydrogen-bond acceptors (Lipinski definition) is 6. The van der Waals surface area contributed by atoms with Gasteiger partial charge in [-0.3, -0.25) is 14.4 Å². The lowest BCUT2D eigenvalue weighted by molar-refractivity contribution is -0.174. The summed E-state index contributed by atoms with van der Waals surface area (Å²) < 4.78 is 15.6. The second-order valence-corrected chi connectivity index (χ2v) is 6.00. The van der Waals surface area contributed by atoms with Gasteiger partial charge in [-0.05, 0) is 19.9 Å². The first-order valence-corrected chi connectivity index (χ1v) is 7.09. The summed E-state index contributed by atoms with van der Waals surface area (Å²) >= 11 is 0. The van der Waals surface area contributed by atoms with Crippen molar-refractivity contribution in [2.75, 3.05) is 6.61 Å². The molecular formula is C16H26O6. The molecule has 0 aliphatic rings. The number of carbonyl (C=O) groups excluding carboxylic acids is 3. The van der Waals surface area contributed by atoms with E-state index in [1.54, 1.807) is 19.9 Å². The molecule has 0 bridgehead atoms. The Morgan fingerprint density at radius 2 is 1.41 bits per heavy atom. The van der Waals surface area contributed by atoms with E-state index in [0.29, 0.717) is 0 Å². The molecule has 0 aliphatic carbocycles. The van der Waals surface area contributed by atoms with Crippen LogP contribution in [0.3, 0.4) is 0 Å². The van der Waals surface area contributed by atoms with Crippen molar-refractivity contribution in [3.05, 3.63) is 11.6 Å². The second-order valence-electron chi connectivity index (χ2n) is 6.00. The van der Waals surface area contributed by atoms with Gasteiger partial charge in [0.15, 0.2) is 0 Å². The molecule has 0 radical (unpaired) electrons. The molecular weight excluding hydrogens is 288 g/mol. The summed E-state index contributed by atoms with van der Waals surface area (Å²) in [6.07, 6.45) is 0.426. The van der Waals surface area contributed by atoms with Crippen molar-refractivity contribution in [3.8, 4) is 0 Å². The van der Waals surface area contributed by atoms with Crippen molar-refractivity contribution >= 4 is 17.9 Å². The molecule has 22 heavy (non-hydrogen) atoms. The van der Waals surface area contributed by atoms with Gasteiger partial charge in [0.05, 0.1) is 0 Å². The Morgan fingerprint density at radius 3 is 1.77 bits per heavy atom. The molecule has 2 unspecified atom stereocenters. The van der Waals surface area contributed by atoms with E-state index < -0.39 is 35.5 Å². The van der Waals surface area contributed by atoms with Crippen LogP contribution in [0.2, 0.25) is 0 Å². The third-order valence-corrected chi connectivity index (χ3v) is 3.09. The molecule has 0 amide bonds. The van der Waals surface area contributed by atoms with Crippen molar-refractivity contribution in [1.29, 1.82) is 0 Å². The maximum absolute atomic E-state index is 11.3. The molecule has 0 aliphatic heterocycles. The fraction of sp³-hybridized carbons (Fsp3) is 0.688. The summed E-state index contributed by atoms with van der Waals surface area (Å²) in [4.78, 5) is 33.7. The lowest BCUT2D eigenvalue weighted by Crippen LogP contribution is -2.46. The van der Waals surface area contributed by atoms with Crippen LogP contribution in [0, 0.1) is 5.41 Å². The summed E-state index contributed by atoms with van der Waals surface area (Å²) in [5.74, 6) is -1.41. The topological polar surface area (TPSA) is 78.9 Å². The Bertz CT molecular complexity index is 446. The lowest BCUT2D eigenvalue weighted by atomic mass is 9.80. The predicted octanol–water partition coefficient (Wildman–Crippen LogP) is 2.41. The van der Waals surface area contributed by atoms with E-state index in [4.69, 9.17) is 14.2 Å². The van der Waals surface area contributed by atoms with Crippen LogP contribution in [0.15, 0.2) is 11.6 Å². The largest absolute Gasteiger partial charge is 0.462 e. The molecule has 0 spiro atoms. The van der Waals surface area contributed by atoms with Crippen LogP contribution < -0.4 is 0 Å². The monoisotopic (exact) mass is 314 g/mol.